The lowest BCUT2D eigenvalue weighted by molar-refractivity contribution is 0.162. The van der Waals surface area contributed by atoms with E-state index in [1.54, 1.807) is 0 Å². The van der Waals surface area contributed by atoms with Crippen molar-refractivity contribution in [1.82, 2.24) is 10.2 Å². The molecule has 2 aliphatic rings. The summed E-state index contributed by atoms with van der Waals surface area (Å²) in [6.07, 6.45) is 7.77. The second kappa shape index (κ2) is 12.6. The summed E-state index contributed by atoms with van der Waals surface area (Å²) in [7, 11) is 0. The Morgan fingerprint density at radius 2 is 1.56 bits per heavy atom. The molecule has 1 aromatic carbocycles. The van der Waals surface area contributed by atoms with Gasteiger partial charge in [-0.1, -0.05) is 6.42 Å². The van der Waals surface area contributed by atoms with Crippen LogP contribution in [0.4, 0.5) is 0 Å². The molecule has 0 unspecified atom stereocenters. The van der Waals surface area contributed by atoms with Gasteiger partial charge in [-0.05, 0) is 82.5 Å². The topological polar surface area (TPSA) is 33.7 Å². The van der Waals surface area contributed by atoms with Gasteiger partial charge < -0.3 is 19.7 Å². The molecule has 0 spiro atoms. The Balaban J connectivity index is 0.00000156. The van der Waals surface area contributed by atoms with E-state index in [0.717, 1.165) is 57.0 Å². The van der Waals surface area contributed by atoms with Gasteiger partial charge >= 0.3 is 0 Å². The van der Waals surface area contributed by atoms with Gasteiger partial charge in [0.05, 0.1) is 6.61 Å². The normalized spacial score (nSPS) is 18.7. The maximum atomic E-state index is 6.01. The first-order valence-corrected chi connectivity index (χ1v) is 9.23. The molecule has 1 aromatic rings. The van der Waals surface area contributed by atoms with Gasteiger partial charge in [0, 0.05) is 6.54 Å². The van der Waals surface area contributed by atoms with Crippen molar-refractivity contribution in [2.45, 2.75) is 44.6 Å². The zero-order valence-corrected chi connectivity index (χ0v) is 16.6. The van der Waals surface area contributed by atoms with Gasteiger partial charge in [0.25, 0.3) is 0 Å². The SMILES string of the molecule is Cl.Cl.c1cc(OC2CCNCC2)ccc1OCCCN1CCCCC1. The van der Waals surface area contributed by atoms with Crippen molar-refractivity contribution < 1.29 is 9.47 Å². The van der Waals surface area contributed by atoms with Gasteiger partial charge in [0.15, 0.2) is 0 Å². The summed E-state index contributed by atoms with van der Waals surface area (Å²) in [5.74, 6) is 1.90. The number of likely N-dealkylation sites (tertiary alicyclic amines) is 1. The van der Waals surface area contributed by atoms with E-state index in [-0.39, 0.29) is 24.8 Å². The lowest BCUT2D eigenvalue weighted by atomic mass is 10.1. The molecule has 0 saturated carbocycles. The van der Waals surface area contributed by atoms with E-state index < -0.39 is 0 Å². The van der Waals surface area contributed by atoms with Crippen LogP contribution in [0.5, 0.6) is 11.5 Å². The Bertz CT molecular complexity index is 447. The molecule has 0 atom stereocenters. The quantitative estimate of drug-likeness (QED) is 0.715. The van der Waals surface area contributed by atoms with Crippen LogP contribution in [0.2, 0.25) is 0 Å². The highest BCUT2D eigenvalue weighted by molar-refractivity contribution is 5.85. The van der Waals surface area contributed by atoms with Gasteiger partial charge in [0.2, 0.25) is 0 Å². The average molecular weight is 391 g/mol. The summed E-state index contributed by atoms with van der Waals surface area (Å²) >= 11 is 0. The van der Waals surface area contributed by atoms with Gasteiger partial charge in [-0.15, -0.1) is 24.8 Å². The molecule has 4 nitrogen and oxygen atoms in total. The summed E-state index contributed by atoms with van der Waals surface area (Å²) in [6.45, 7) is 6.61. The fraction of sp³-hybridized carbons (Fsp3) is 0.684. The minimum absolute atomic E-state index is 0. The highest BCUT2D eigenvalue weighted by Gasteiger charge is 2.14. The van der Waals surface area contributed by atoms with Crippen LogP contribution in [0.1, 0.15) is 38.5 Å². The van der Waals surface area contributed by atoms with Gasteiger partial charge in [-0.2, -0.15) is 0 Å². The number of piperidine rings is 2. The Morgan fingerprint density at radius 1 is 0.920 bits per heavy atom. The van der Waals surface area contributed by atoms with E-state index >= 15 is 0 Å². The molecule has 144 valence electrons. The third-order valence-corrected chi connectivity index (χ3v) is 4.75. The molecular formula is C19H32Cl2N2O2. The van der Waals surface area contributed by atoms with Gasteiger partial charge in [0.1, 0.15) is 17.6 Å². The summed E-state index contributed by atoms with van der Waals surface area (Å²) in [5, 5.41) is 3.36. The van der Waals surface area contributed by atoms with Gasteiger partial charge in [-0.3, -0.25) is 0 Å². The minimum atomic E-state index is 0. The van der Waals surface area contributed by atoms with Crippen molar-refractivity contribution in [1.29, 1.82) is 0 Å². The first-order chi connectivity index (χ1) is 11.4. The first kappa shape index (κ1) is 22.4. The van der Waals surface area contributed by atoms with Crippen LogP contribution in [0, 0.1) is 0 Å². The van der Waals surface area contributed by atoms with E-state index in [4.69, 9.17) is 9.47 Å². The van der Waals surface area contributed by atoms with Gasteiger partial charge in [-0.25, -0.2) is 0 Å². The third-order valence-electron chi connectivity index (χ3n) is 4.75. The van der Waals surface area contributed by atoms with Crippen LogP contribution in [0.25, 0.3) is 0 Å². The number of ether oxygens (including phenoxy) is 2. The molecule has 3 rings (SSSR count). The predicted molar refractivity (Wildman–Crippen MR) is 108 cm³/mol. The molecule has 0 bridgehead atoms. The molecule has 2 aliphatic heterocycles. The molecule has 0 aliphatic carbocycles. The van der Waals surface area contributed by atoms with E-state index in [9.17, 15) is 0 Å². The monoisotopic (exact) mass is 390 g/mol. The second-order valence-corrected chi connectivity index (χ2v) is 6.64. The lowest BCUT2D eigenvalue weighted by Gasteiger charge is -2.26. The number of hydrogen-bond acceptors (Lipinski definition) is 4. The number of halogens is 2. The molecule has 0 aromatic heterocycles. The van der Waals surface area contributed by atoms with Crippen LogP contribution >= 0.6 is 24.8 Å². The highest BCUT2D eigenvalue weighted by atomic mass is 35.5. The fourth-order valence-electron chi connectivity index (χ4n) is 3.38. The molecule has 0 radical (unpaired) electrons. The van der Waals surface area contributed by atoms with E-state index in [1.165, 1.54) is 32.4 Å². The number of benzene rings is 1. The maximum Gasteiger partial charge on any atom is 0.119 e. The summed E-state index contributed by atoms with van der Waals surface area (Å²) in [5.41, 5.74) is 0. The van der Waals surface area contributed by atoms with Crippen molar-refractivity contribution in [2.75, 3.05) is 39.3 Å². The summed E-state index contributed by atoms with van der Waals surface area (Å²) in [4.78, 5) is 2.56. The number of hydrogen-bond donors (Lipinski definition) is 1. The average Bonchev–Trinajstić information content (AvgIpc) is 2.62. The second-order valence-electron chi connectivity index (χ2n) is 6.64. The Morgan fingerprint density at radius 3 is 2.24 bits per heavy atom. The molecule has 2 fully saturated rings. The number of nitrogens with one attached hydrogen (secondary N) is 1. The molecule has 0 amide bonds. The molecule has 6 heteroatoms. The van der Waals surface area contributed by atoms with Crippen molar-refractivity contribution >= 4 is 24.8 Å². The zero-order chi connectivity index (χ0) is 15.7. The van der Waals surface area contributed by atoms with E-state index in [0.29, 0.717) is 6.10 Å². The Hall–Kier alpha value is -0.680. The maximum absolute atomic E-state index is 6.01. The smallest absolute Gasteiger partial charge is 0.119 e. The van der Waals surface area contributed by atoms with Crippen LogP contribution in [-0.4, -0.2) is 50.3 Å². The minimum Gasteiger partial charge on any atom is -0.494 e. The van der Waals surface area contributed by atoms with Crippen LogP contribution in [0.15, 0.2) is 24.3 Å². The van der Waals surface area contributed by atoms with Crippen molar-refractivity contribution in [3.05, 3.63) is 24.3 Å². The first-order valence-electron chi connectivity index (χ1n) is 9.23. The molecule has 2 heterocycles. The largest absolute Gasteiger partial charge is 0.494 e. The molecule has 25 heavy (non-hydrogen) atoms. The lowest BCUT2D eigenvalue weighted by Crippen LogP contribution is -2.34. The molecular weight excluding hydrogens is 359 g/mol. The fourth-order valence-corrected chi connectivity index (χ4v) is 3.38. The predicted octanol–water partition coefficient (Wildman–Crippen LogP) is 3.92. The van der Waals surface area contributed by atoms with Crippen molar-refractivity contribution in [3.63, 3.8) is 0 Å². The van der Waals surface area contributed by atoms with Crippen molar-refractivity contribution in [3.8, 4) is 11.5 Å². The standard InChI is InChI=1S/C19H30N2O2.2ClH/c1-2-13-21(14-3-1)15-4-16-22-17-5-7-18(8-6-17)23-19-9-11-20-12-10-19;;/h5-8,19-20H,1-4,9-16H2;2*1H. The van der Waals surface area contributed by atoms with Crippen LogP contribution in [0.3, 0.4) is 0 Å². The van der Waals surface area contributed by atoms with Crippen LogP contribution < -0.4 is 14.8 Å². The molecule has 1 N–H and O–H groups in total. The number of nitrogens with zero attached hydrogens (tertiary/aromatic N) is 1. The van der Waals surface area contributed by atoms with Crippen LogP contribution in [-0.2, 0) is 0 Å². The zero-order valence-electron chi connectivity index (χ0n) is 15.0. The Labute approximate surface area is 164 Å². The molecule has 2 saturated heterocycles. The number of rotatable bonds is 7. The van der Waals surface area contributed by atoms with E-state index in [1.807, 2.05) is 24.3 Å². The summed E-state index contributed by atoms with van der Waals surface area (Å²) in [6, 6.07) is 8.11. The third kappa shape index (κ3) is 8.04. The highest BCUT2D eigenvalue weighted by Crippen LogP contribution is 2.21. The van der Waals surface area contributed by atoms with E-state index in [2.05, 4.69) is 10.2 Å². The Kier molecular flexibility index (Phi) is 11.3. The summed E-state index contributed by atoms with van der Waals surface area (Å²) < 4.78 is 11.9. The van der Waals surface area contributed by atoms with Crippen molar-refractivity contribution in [2.24, 2.45) is 0 Å².